The molecule has 1 heterocycles. The van der Waals surface area contributed by atoms with E-state index in [1.807, 2.05) is 37.5 Å². The maximum absolute atomic E-state index is 12.9. The minimum atomic E-state index is -0.595. The zero-order valence-electron chi connectivity index (χ0n) is 18.4. The summed E-state index contributed by atoms with van der Waals surface area (Å²) in [5.41, 5.74) is 0.0379. The number of esters is 1. The van der Waals surface area contributed by atoms with Gasteiger partial charge < -0.3 is 19.4 Å². The van der Waals surface area contributed by atoms with E-state index in [4.69, 9.17) is 9.47 Å². The van der Waals surface area contributed by atoms with E-state index in [0.717, 1.165) is 34.8 Å². The van der Waals surface area contributed by atoms with Crippen molar-refractivity contribution in [1.29, 1.82) is 0 Å². The zero-order valence-corrected chi connectivity index (χ0v) is 20.5. The third kappa shape index (κ3) is 5.78. The highest BCUT2D eigenvalue weighted by molar-refractivity contribution is 14.1. The van der Waals surface area contributed by atoms with Crippen LogP contribution < -0.4 is 10.7 Å². The van der Waals surface area contributed by atoms with Gasteiger partial charge in [-0.3, -0.25) is 4.79 Å². The van der Waals surface area contributed by atoms with Crippen molar-refractivity contribution in [2.75, 3.05) is 6.61 Å². The second kappa shape index (κ2) is 9.58. The minimum absolute atomic E-state index is 0.0430. The first kappa shape index (κ1) is 23.6. The lowest BCUT2D eigenvalue weighted by Crippen LogP contribution is -2.41. The molecule has 1 aromatic heterocycles. The Morgan fingerprint density at radius 2 is 1.87 bits per heavy atom. The lowest BCUT2D eigenvalue weighted by atomic mass is 9.90. The van der Waals surface area contributed by atoms with Gasteiger partial charge in [-0.15, -0.1) is 0 Å². The fraction of sp³-hybridized carbons (Fsp3) is 0.522. The Morgan fingerprint density at radius 3 is 2.48 bits per heavy atom. The van der Waals surface area contributed by atoms with Crippen LogP contribution in [0, 0.1) is 3.57 Å². The van der Waals surface area contributed by atoms with Crippen LogP contribution in [0.3, 0.4) is 0 Å². The summed E-state index contributed by atoms with van der Waals surface area (Å²) < 4.78 is 13.5. The highest BCUT2D eigenvalue weighted by atomic mass is 127. The second-order valence-corrected chi connectivity index (χ2v) is 10.1. The molecule has 0 spiro atoms. The molecule has 0 unspecified atom stereocenters. The number of halogens is 1. The van der Waals surface area contributed by atoms with Crippen molar-refractivity contribution in [3.63, 3.8) is 0 Å². The second-order valence-electron chi connectivity index (χ2n) is 8.81. The smallest absolute Gasteiger partial charge is 0.407 e. The van der Waals surface area contributed by atoms with E-state index in [9.17, 15) is 14.4 Å². The van der Waals surface area contributed by atoms with E-state index in [-0.39, 0.29) is 29.7 Å². The van der Waals surface area contributed by atoms with Gasteiger partial charge in [0.15, 0.2) is 0 Å². The van der Waals surface area contributed by atoms with Crippen LogP contribution in [-0.4, -0.2) is 34.9 Å². The molecule has 1 N–H and O–H groups in total. The molecule has 0 bridgehead atoms. The molecular weight excluding hydrogens is 511 g/mol. The lowest BCUT2D eigenvalue weighted by molar-refractivity contribution is 0.0483. The van der Waals surface area contributed by atoms with Crippen molar-refractivity contribution in [3.8, 4) is 0 Å². The number of fused-ring (bicyclic) bond motifs is 1. The number of carbonyl (C=O) groups excluding carboxylic acids is 2. The van der Waals surface area contributed by atoms with Crippen LogP contribution >= 0.6 is 22.6 Å². The predicted octanol–water partition coefficient (Wildman–Crippen LogP) is 4.79. The van der Waals surface area contributed by atoms with Crippen LogP contribution in [0.4, 0.5) is 4.79 Å². The number of benzene rings is 1. The van der Waals surface area contributed by atoms with Crippen LogP contribution in [0.5, 0.6) is 0 Å². The molecule has 168 valence electrons. The number of amides is 1. The molecule has 0 saturated heterocycles. The highest BCUT2D eigenvalue weighted by Crippen LogP contribution is 2.31. The zero-order chi connectivity index (χ0) is 22.8. The molecule has 8 heteroatoms. The van der Waals surface area contributed by atoms with Crippen LogP contribution in [-0.2, 0) is 9.47 Å². The molecule has 0 radical (unpaired) electrons. The molecule has 1 amide bonds. The number of aromatic nitrogens is 1. The van der Waals surface area contributed by atoms with Gasteiger partial charge in [-0.2, -0.15) is 0 Å². The number of nitrogens with zero attached hydrogens (tertiary/aromatic N) is 1. The average Bonchev–Trinajstić information content (AvgIpc) is 2.67. The lowest BCUT2D eigenvalue weighted by Gasteiger charge is -2.32. The largest absolute Gasteiger partial charge is 0.462 e. The first-order valence-corrected chi connectivity index (χ1v) is 11.7. The Bertz CT molecular complexity index is 1030. The van der Waals surface area contributed by atoms with E-state index < -0.39 is 17.7 Å². The van der Waals surface area contributed by atoms with Crippen molar-refractivity contribution in [2.24, 2.45) is 0 Å². The molecule has 2 aromatic rings. The maximum atomic E-state index is 12.9. The van der Waals surface area contributed by atoms with Crippen molar-refractivity contribution in [1.82, 2.24) is 9.88 Å². The van der Waals surface area contributed by atoms with Gasteiger partial charge in [0.25, 0.3) is 0 Å². The standard InChI is InChI=1S/C23H29IN2O5/c1-5-30-21(28)18-13-26(19-12-14(24)6-11-17(19)20(18)27)16-9-7-15(8-10-16)25-22(29)31-23(2,3)4/h6,11-13,15-16H,5,7-10H2,1-4H3,(H,25,29). The maximum Gasteiger partial charge on any atom is 0.407 e. The molecule has 7 nitrogen and oxygen atoms in total. The number of carbonyl (C=O) groups is 2. The van der Waals surface area contributed by atoms with Gasteiger partial charge in [0, 0.05) is 27.2 Å². The molecule has 1 aromatic carbocycles. The molecule has 3 rings (SSSR count). The normalized spacial score (nSPS) is 19.1. The Balaban J connectivity index is 1.85. The Morgan fingerprint density at radius 1 is 1.19 bits per heavy atom. The van der Waals surface area contributed by atoms with Crippen LogP contribution in [0.15, 0.2) is 29.2 Å². The molecule has 0 atom stereocenters. The molecule has 0 aliphatic heterocycles. The summed E-state index contributed by atoms with van der Waals surface area (Å²) in [5.74, 6) is -0.595. The molecule has 1 saturated carbocycles. The van der Waals surface area contributed by atoms with E-state index in [0.29, 0.717) is 5.39 Å². The SMILES string of the molecule is CCOC(=O)c1cn(C2CCC(NC(=O)OC(C)(C)C)CC2)c2cc(I)ccc2c1=O. The highest BCUT2D eigenvalue weighted by Gasteiger charge is 2.27. The molecule has 31 heavy (non-hydrogen) atoms. The molecule has 1 aliphatic rings. The van der Waals surface area contributed by atoms with Crippen molar-refractivity contribution < 1.29 is 19.1 Å². The number of alkyl carbamates (subject to hydrolysis) is 1. The van der Waals surface area contributed by atoms with Gasteiger partial charge in [-0.1, -0.05) is 0 Å². The Hall–Kier alpha value is -2.10. The summed E-state index contributed by atoms with van der Waals surface area (Å²) in [6, 6.07) is 5.77. The first-order chi connectivity index (χ1) is 14.6. The topological polar surface area (TPSA) is 86.6 Å². The van der Waals surface area contributed by atoms with E-state index >= 15 is 0 Å². The summed E-state index contributed by atoms with van der Waals surface area (Å²) in [7, 11) is 0. The summed E-state index contributed by atoms with van der Waals surface area (Å²) in [6.45, 7) is 7.46. The summed E-state index contributed by atoms with van der Waals surface area (Å²) >= 11 is 2.22. The van der Waals surface area contributed by atoms with Crippen molar-refractivity contribution in [3.05, 3.63) is 43.8 Å². The van der Waals surface area contributed by atoms with Crippen molar-refractivity contribution in [2.45, 2.75) is 71.1 Å². The Kier molecular flexibility index (Phi) is 7.28. The Labute approximate surface area is 195 Å². The van der Waals surface area contributed by atoms with Gasteiger partial charge in [0.05, 0.1) is 12.1 Å². The van der Waals surface area contributed by atoms with Gasteiger partial charge in [-0.05, 0) is 94.2 Å². The fourth-order valence-electron chi connectivity index (χ4n) is 3.95. The number of nitrogens with one attached hydrogen (secondary N) is 1. The van der Waals surface area contributed by atoms with Crippen LogP contribution in [0.2, 0.25) is 0 Å². The fourth-order valence-corrected chi connectivity index (χ4v) is 4.43. The van der Waals surface area contributed by atoms with Gasteiger partial charge in [0.1, 0.15) is 11.2 Å². The third-order valence-corrected chi connectivity index (χ3v) is 5.97. The van der Waals surface area contributed by atoms with Crippen LogP contribution in [0.1, 0.15) is 69.8 Å². The number of hydrogen-bond acceptors (Lipinski definition) is 5. The van der Waals surface area contributed by atoms with E-state index in [2.05, 4.69) is 27.9 Å². The van der Waals surface area contributed by atoms with E-state index in [1.165, 1.54) is 0 Å². The molecule has 1 fully saturated rings. The van der Waals surface area contributed by atoms with Crippen molar-refractivity contribution >= 4 is 45.6 Å². The minimum Gasteiger partial charge on any atom is -0.462 e. The van der Waals surface area contributed by atoms with Gasteiger partial charge in [-0.25, -0.2) is 9.59 Å². The first-order valence-electron chi connectivity index (χ1n) is 10.6. The molecule has 1 aliphatic carbocycles. The van der Waals surface area contributed by atoms with Crippen LogP contribution in [0.25, 0.3) is 10.9 Å². The van der Waals surface area contributed by atoms with Gasteiger partial charge >= 0.3 is 12.1 Å². The van der Waals surface area contributed by atoms with E-state index in [1.54, 1.807) is 19.2 Å². The summed E-state index contributed by atoms with van der Waals surface area (Å²) in [4.78, 5) is 37.4. The number of pyridine rings is 1. The predicted molar refractivity (Wildman–Crippen MR) is 128 cm³/mol. The monoisotopic (exact) mass is 540 g/mol. The third-order valence-electron chi connectivity index (χ3n) is 5.30. The number of ether oxygens (including phenoxy) is 2. The quantitative estimate of drug-likeness (QED) is 0.445. The molecular formula is C23H29IN2O5. The number of rotatable bonds is 4. The number of hydrogen-bond donors (Lipinski definition) is 1. The summed E-state index contributed by atoms with van der Waals surface area (Å²) in [5, 5.41) is 3.47. The van der Waals surface area contributed by atoms with Gasteiger partial charge in [0.2, 0.25) is 5.43 Å². The average molecular weight is 540 g/mol. The summed E-state index contributed by atoms with van der Waals surface area (Å²) in [6.07, 6.45) is 4.44.